The Hall–Kier alpha value is -1.13. The van der Waals surface area contributed by atoms with Crippen LogP contribution in [0.1, 0.15) is 0 Å². The molecule has 0 atom stereocenters. The molecule has 0 heterocycles. The number of rotatable bonds is 3. The number of benzene rings is 2. The zero-order valence-electron chi connectivity index (χ0n) is 9.15. The van der Waals surface area contributed by atoms with Crippen molar-refractivity contribution >= 4 is 24.7 Å². The van der Waals surface area contributed by atoms with Gasteiger partial charge in [0.1, 0.15) is 5.82 Å². The van der Waals surface area contributed by atoms with Crippen LogP contribution in [0.2, 0.25) is 0 Å². The minimum absolute atomic E-state index is 0.00837. The van der Waals surface area contributed by atoms with Crippen molar-refractivity contribution in [2.45, 2.75) is 9.79 Å². The highest BCUT2D eigenvalue weighted by Gasteiger charge is 2.16. The first-order valence-electron chi connectivity index (χ1n) is 5.05. The van der Waals surface area contributed by atoms with Crippen molar-refractivity contribution in [2.75, 3.05) is 0 Å². The lowest BCUT2D eigenvalue weighted by Crippen LogP contribution is -2.02. The SMILES string of the molecule is O=P(O)(O)c1ccc(Sc2ccc(F)cc2)cc1. The Bertz CT molecular complexity index is 577. The standard InChI is InChI=1S/C12H10FO3PS/c13-9-1-5-11(6-2-9)18-12-7-3-10(4-8-12)17(14,15)16/h1-8H,(H2,14,15,16). The van der Waals surface area contributed by atoms with Crippen molar-refractivity contribution in [2.24, 2.45) is 0 Å². The molecule has 3 nitrogen and oxygen atoms in total. The summed E-state index contributed by atoms with van der Waals surface area (Å²) < 4.78 is 23.7. The smallest absolute Gasteiger partial charge is 0.321 e. The van der Waals surface area contributed by atoms with E-state index in [-0.39, 0.29) is 11.1 Å². The fourth-order valence-electron chi connectivity index (χ4n) is 1.35. The van der Waals surface area contributed by atoms with Gasteiger partial charge >= 0.3 is 7.60 Å². The maximum Gasteiger partial charge on any atom is 0.356 e. The highest BCUT2D eigenvalue weighted by molar-refractivity contribution is 7.99. The average Bonchev–Trinajstić information content (AvgIpc) is 2.32. The highest BCUT2D eigenvalue weighted by Crippen LogP contribution is 2.34. The van der Waals surface area contributed by atoms with Gasteiger partial charge < -0.3 is 9.79 Å². The Labute approximate surface area is 108 Å². The molecule has 18 heavy (non-hydrogen) atoms. The molecule has 0 radical (unpaired) electrons. The van der Waals surface area contributed by atoms with Gasteiger partial charge in [0, 0.05) is 9.79 Å². The third-order valence-corrected chi connectivity index (χ3v) is 4.21. The van der Waals surface area contributed by atoms with Crippen molar-refractivity contribution in [3.63, 3.8) is 0 Å². The van der Waals surface area contributed by atoms with Crippen LogP contribution in [0.25, 0.3) is 0 Å². The van der Waals surface area contributed by atoms with Gasteiger partial charge in [0.25, 0.3) is 0 Å². The fourth-order valence-corrected chi connectivity index (χ4v) is 2.70. The van der Waals surface area contributed by atoms with E-state index in [1.54, 1.807) is 24.3 Å². The maximum absolute atomic E-state index is 12.7. The van der Waals surface area contributed by atoms with Crippen molar-refractivity contribution < 1.29 is 18.7 Å². The molecule has 0 spiro atoms. The van der Waals surface area contributed by atoms with E-state index in [2.05, 4.69) is 0 Å². The molecule has 0 aliphatic carbocycles. The first-order valence-corrected chi connectivity index (χ1v) is 7.48. The van der Waals surface area contributed by atoms with Crippen LogP contribution in [0.15, 0.2) is 58.3 Å². The Balaban J connectivity index is 2.16. The van der Waals surface area contributed by atoms with Crippen LogP contribution in [0.5, 0.6) is 0 Å². The summed E-state index contributed by atoms with van der Waals surface area (Å²) in [5.74, 6) is -0.295. The van der Waals surface area contributed by atoms with Gasteiger partial charge in [0.15, 0.2) is 0 Å². The summed E-state index contributed by atoms with van der Waals surface area (Å²) in [6.07, 6.45) is 0. The second-order valence-corrected chi connectivity index (χ2v) is 6.35. The van der Waals surface area contributed by atoms with Gasteiger partial charge in [-0.2, -0.15) is 0 Å². The number of halogens is 1. The molecular weight excluding hydrogens is 274 g/mol. The van der Waals surface area contributed by atoms with Crippen LogP contribution in [0.3, 0.4) is 0 Å². The molecule has 0 aliphatic heterocycles. The zero-order valence-corrected chi connectivity index (χ0v) is 10.9. The molecule has 0 saturated carbocycles. The van der Waals surface area contributed by atoms with Gasteiger partial charge in [0.2, 0.25) is 0 Å². The highest BCUT2D eigenvalue weighted by atomic mass is 32.2. The molecule has 2 N–H and O–H groups in total. The monoisotopic (exact) mass is 284 g/mol. The summed E-state index contributed by atoms with van der Waals surface area (Å²) in [5.41, 5.74) is 0. The van der Waals surface area contributed by atoms with E-state index < -0.39 is 7.60 Å². The Morgan fingerprint density at radius 2 is 1.33 bits per heavy atom. The van der Waals surface area contributed by atoms with E-state index in [4.69, 9.17) is 9.79 Å². The fraction of sp³-hybridized carbons (Fsp3) is 0. The summed E-state index contributed by atoms with van der Waals surface area (Å²) in [5, 5.41) is -0.00837. The van der Waals surface area contributed by atoms with Crippen molar-refractivity contribution in [3.05, 3.63) is 54.3 Å². The Morgan fingerprint density at radius 1 is 0.889 bits per heavy atom. The largest absolute Gasteiger partial charge is 0.356 e. The predicted octanol–water partition coefficient (Wildman–Crippen LogP) is 2.78. The molecule has 0 aromatic heterocycles. The van der Waals surface area contributed by atoms with Gasteiger partial charge in [-0.25, -0.2) is 4.39 Å². The summed E-state index contributed by atoms with van der Waals surface area (Å²) in [6.45, 7) is 0. The summed E-state index contributed by atoms with van der Waals surface area (Å²) in [4.78, 5) is 19.6. The van der Waals surface area contributed by atoms with E-state index >= 15 is 0 Å². The zero-order chi connectivity index (χ0) is 13.2. The van der Waals surface area contributed by atoms with Crippen molar-refractivity contribution in [3.8, 4) is 0 Å². The summed E-state index contributed by atoms with van der Waals surface area (Å²) in [7, 11) is -4.19. The minimum atomic E-state index is -4.19. The molecule has 0 amide bonds. The van der Waals surface area contributed by atoms with Crippen LogP contribution >= 0.6 is 19.4 Å². The van der Waals surface area contributed by atoms with E-state index in [0.29, 0.717) is 0 Å². The lowest BCUT2D eigenvalue weighted by atomic mass is 10.3. The Morgan fingerprint density at radius 3 is 1.78 bits per heavy atom. The molecule has 0 aliphatic rings. The second kappa shape index (κ2) is 5.24. The molecule has 0 bridgehead atoms. The van der Waals surface area contributed by atoms with Crippen LogP contribution < -0.4 is 5.30 Å². The van der Waals surface area contributed by atoms with Gasteiger partial charge in [-0.3, -0.25) is 4.57 Å². The average molecular weight is 284 g/mol. The van der Waals surface area contributed by atoms with Crippen LogP contribution in [0.4, 0.5) is 4.39 Å². The lowest BCUT2D eigenvalue weighted by molar-refractivity contribution is 0.387. The topological polar surface area (TPSA) is 57.5 Å². The van der Waals surface area contributed by atoms with Crippen molar-refractivity contribution in [1.29, 1.82) is 0 Å². The summed E-state index contributed by atoms with van der Waals surface area (Å²) in [6, 6.07) is 12.1. The van der Waals surface area contributed by atoms with Gasteiger partial charge in [0.05, 0.1) is 5.30 Å². The third kappa shape index (κ3) is 3.43. The third-order valence-electron chi connectivity index (χ3n) is 2.22. The van der Waals surface area contributed by atoms with Crippen LogP contribution in [-0.2, 0) is 4.57 Å². The van der Waals surface area contributed by atoms with Crippen molar-refractivity contribution in [1.82, 2.24) is 0 Å². The maximum atomic E-state index is 12.7. The number of hydrogen-bond acceptors (Lipinski definition) is 2. The van der Waals surface area contributed by atoms with Gasteiger partial charge in [-0.05, 0) is 48.5 Å². The van der Waals surface area contributed by atoms with Gasteiger partial charge in [-0.1, -0.05) is 11.8 Å². The molecule has 0 fully saturated rings. The first-order chi connectivity index (χ1) is 8.45. The van der Waals surface area contributed by atoms with Crippen LogP contribution in [-0.4, -0.2) is 9.79 Å². The minimum Gasteiger partial charge on any atom is -0.321 e. The molecule has 6 heteroatoms. The van der Waals surface area contributed by atoms with E-state index in [9.17, 15) is 8.96 Å². The molecular formula is C12H10FO3PS. The number of hydrogen-bond donors (Lipinski definition) is 2. The normalized spacial score (nSPS) is 11.5. The van der Waals surface area contributed by atoms with E-state index in [1.165, 1.54) is 36.0 Å². The quantitative estimate of drug-likeness (QED) is 0.851. The summed E-state index contributed by atoms with van der Waals surface area (Å²) >= 11 is 1.40. The molecule has 2 rings (SSSR count). The Kier molecular flexibility index (Phi) is 3.88. The molecule has 0 saturated heterocycles. The molecule has 94 valence electrons. The molecule has 2 aromatic carbocycles. The van der Waals surface area contributed by atoms with Gasteiger partial charge in [-0.15, -0.1) is 0 Å². The predicted molar refractivity (Wildman–Crippen MR) is 68.6 cm³/mol. The van der Waals surface area contributed by atoms with E-state index in [1.807, 2.05) is 0 Å². The first kappa shape index (κ1) is 13.3. The second-order valence-electron chi connectivity index (χ2n) is 3.59. The van der Waals surface area contributed by atoms with E-state index in [0.717, 1.165) is 9.79 Å². The van der Waals surface area contributed by atoms with Crippen LogP contribution in [0, 0.1) is 5.82 Å². The lowest BCUT2D eigenvalue weighted by Gasteiger charge is -2.05. The molecule has 0 unspecified atom stereocenters. The molecule has 2 aromatic rings.